The minimum Gasteiger partial charge on any atom is -0.387 e. The van der Waals surface area contributed by atoms with Crippen molar-refractivity contribution in [3.63, 3.8) is 0 Å². The lowest BCUT2D eigenvalue weighted by atomic mass is 10.0. The van der Waals surface area contributed by atoms with Gasteiger partial charge in [-0.1, -0.05) is 48.4 Å². The van der Waals surface area contributed by atoms with Gasteiger partial charge in [-0.25, -0.2) is 0 Å². The van der Waals surface area contributed by atoms with Gasteiger partial charge >= 0.3 is 0 Å². The maximum absolute atomic E-state index is 10.5. The smallest absolute Gasteiger partial charge is 0.0964 e. The van der Waals surface area contributed by atoms with Gasteiger partial charge in [-0.3, -0.25) is 0 Å². The molecule has 0 bridgehead atoms. The van der Waals surface area contributed by atoms with Gasteiger partial charge in [0.1, 0.15) is 0 Å². The number of anilines is 1. The van der Waals surface area contributed by atoms with Crippen LogP contribution >= 0.6 is 0 Å². The summed E-state index contributed by atoms with van der Waals surface area (Å²) in [5.74, 6) is 0. The summed E-state index contributed by atoms with van der Waals surface area (Å²) in [5.41, 5.74) is 5.85. The zero-order valence-corrected chi connectivity index (χ0v) is 13.4. The van der Waals surface area contributed by atoms with Crippen molar-refractivity contribution in [1.29, 1.82) is 0 Å². The number of benzene rings is 2. The van der Waals surface area contributed by atoms with Crippen molar-refractivity contribution in [1.82, 2.24) is 0 Å². The van der Waals surface area contributed by atoms with Gasteiger partial charge in [0, 0.05) is 19.3 Å². The summed E-state index contributed by atoms with van der Waals surface area (Å²) in [6.45, 7) is 6.88. The monoisotopic (exact) mass is 283 g/mol. The molecule has 112 valence electrons. The van der Waals surface area contributed by atoms with Crippen LogP contribution in [0.25, 0.3) is 0 Å². The third-order valence-electron chi connectivity index (χ3n) is 3.86. The number of rotatable bonds is 5. The number of aryl methyl sites for hydroxylation is 3. The maximum atomic E-state index is 10.5. The van der Waals surface area contributed by atoms with Crippen LogP contribution in [0.4, 0.5) is 5.69 Å². The first-order valence-corrected chi connectivity index (χ1v) is 7.56. The lowest BCUT2D eigenvalue weighted by Crippen LogP contribution is -2.24. The van der Waals surface area contributed by atoms with Gasteiger partial charge in [0.25, 0.3) is 0 Å². The Hall–Kier alpha value is -1.80. The van der Waals surface area contributed by atoms with Crippen molar-refractivity contribution >= 4 is 5.69 Å². The summed E-state index contributed by atoms with van der Waals surface area (Å²) < 4.78 is 0. The predicted octanol–water partition coefficient (Wildman–Crippen LogP) is 4.04. The molecule has 0 spiro atoms. The standard InChI is InChI=1S/C19H25NO/c1-5-16-6-8-18(9-7-16)20(4)13-19(21)17-11-14(2)10-15(3)12-17/h6-12,19,21H,5,13H2,1-4H3. The zero-order chi connectivity index (χ0) is 15.4. The van der Waals surface area contributed by atoms with Crippen LogP contribution in [0.5, 0.6) is 0 Å². The number of nitrogens with zero attached hydrogens (tertiary/aromatic N) is 1. The fraction of sp³-hybridized carbons (Fsp3) is 0.368. The average Bonchev–Trinajstić information content (AvgIpc) is 2.46. The Morgan fingerprint density at radius 1 is 1.00 bits per heavy atom. The van der Waals surface area contributed by atoms with Crippen LogP contribution in [0.2, 0.25) is 0 Å². The molecule has 1 N–H and O–H groups in total. The molecule has 0 fully saturated rings. The minimum atomic E-state index is -0.473. The average molecular weight is 283 g/mol. The normalized spacial score (nSPS) is 12.2. The molecule has 21 heavy (non-hydrogen) atoms. The molecule has 2 nitrogen and oxygen atoms in total. The molecule has 1 unspecified atom stereocenters. The molecule has 0 saturated heterocycles. The van der Waals surface area contributed by atoms with Gasteiger partial charge < -0.3 is 10.0 Å². The maximum Gasteiger partial charge on any atom is 0.0964 e. The highest BCUT2D eigenvalue weighted by molar-refractivity contribution is 5.47. The third kappa shape index (κ3) is 4.08. The van der Waals surface area contributed by atoms with Crippen LogP contribution in [0.1, 0.15) is 35.3 Å². The van der Waals surface area contributed by atoms with Crippen LogP contribution in [-0.2, 0) is 6.42 Å². The molecule has 0 aliphatic carbocycles. The number of hydrogen-bond acceptors (Lipinski definition) is 2. The molecule has 0 heterocycles. The van der Waals surface area contributed by atoms with Crippen molar-refractivity contribution in [2.75, 3.05) is 18.5 Å². The van der Waals surface area contributed by atoms with E-state index in [9.17, 15) is 5.11 Å². The second-order valence-corrected chi connectivity index (χ2v) is 5.84. The first-order valence-electron chi connectivity index (χ1n) is 7.56. The fourth-order valence-corrected chi connectivity index (χ4v) is 2.66. The van der Waals surface area contributed by atoms with E-state index in [1.807, 2.05) is 7.05 Å². The van der Waals surface area contributed by atoms with Crippen molar-refractivity contribution in [2.45, 2.75) is 33.3 Å². The summed E-state index contributed by atoms with van der Waals surface area (Å²) in [4.78, 5) is 2.10. The fourth-order valence-electron chi connectivity index (χ4n) is 2.66. The van der Waals surface area contributed by atoms with E-state index in [0.717, 1.165) is 17.7 Å². The summed E-state index contributed by atoms with van der Waals surface area (Å²) in [5, 5.41) is 10.5. The van der Waals surface area contributed by atoms with Crippen molar-refractivity contribution in [3.8, 4) is 0 Å². The molecule has 2 aromatic carbocycles. The Labute approximate surface area is 128 Å². The Morgan fingerprint density at radius 2 is 1.57 bits per heavy atom. The van der Waals surface area contributed by atoms with Gasteiger partial charge in [-0.15, -0.1) is 0 Å². The molecule has 2 aromatic rings. The summed E-state index contributed by atoms with van der Waals surface area (Å²) in [7, 11) is 2.02. The van der Waals surface area contributed by atoms with Gasteiger partial charge in [0.05, 0.1) is 6.10 Å². The Bertz CT molecular complexity index is 569. The van der Waals surface area contributed by atoms with Gasteiger partial charge in [0.15, 0.2) is 0 Å². The topological polar surface area (TPSA) is 23.5 Å². The van der Waals surface area contributed by atoms with E-state index in [1.165, 1.54) is 16.7 Å². The number of likely N-dealkylation sites (N-methyl/N-ethyl adjacent to an activating group) is 1. The van der Waals surface area contributed by atoms with Crippen LogP contribution in [-0.4, -0.2) is 18.7 Å². The van der Waals surface area contributed by atoms with E-state index in [4.69, 9.17) is 0 Å². The second-order valence-electron chi connectivity index (χ2n) is 5.84. The molecule has 2 heteroatoms. The van der Waals surface area contributed by atoms with Crippen LogP contribution < -0.4 is 4.90 Å². The quantitative estimate of drug-likeness (QED) is 0.895. The molecule has 1 atom stereocenters. The van der Waals surface area contributed by atoms with Gasteiger partial charge in [0.2, 0.25) is 0 Å². The first-order chi connectivity index (χ1) is 9.99. The van der Waals surface area contributed by atoms with E-state index < -0.39 is 6.10 Å². The highest BCUT2D eigenvalue weighted by Gasteiger charge is 2.12. The first kappa shape index (κ1) is 15.6. The Morgan fingerprint density at radius 3 is 2.10 bits per heavy atom. The SMILES string of the molecule is CCc1ccc(N(C)CC(O)c2cc(C)cc(C)c2)cc1. The van der Waals surface area contributed by atoms with Crippen molar-refractivity contribution < 1.29 is 5.11 Å². The van der Waals surface area contributed by atoms with E-state index in [1.54, 1.807) is 0 Å². The largest absolute Gasteiger partial charge is 0.387 e. The summed E-state index contributed by atoms with van der Waals surface area (Å²) in [6, 6.07) is 14.8. The molecule has 0 aromatic heterocycles. The molecular weight excluding hydrogens is 258 g/mol. The minimum absolute atomic E-state index is 0.473. The van der Waals surface area contributed by atoms with Crippen LogP contribution in [0, 0.1) is 13.8 Å². The Balaban J connectivity index is 2.08. The molecular formula is C19H25NO. The van der Waals surface area contributed by atoms with Gasteiger partial charge in [-0.05, 0) is 43.5 Å². The second kappa shape index (κ2) is 6.77. The third-order valence-corrected chi connectivity index (χ3v) is 3.86. The molecule has 2 rings (SSSR count). The molecule has 0 aliphatic heterocycles. The van der Waals surface area contributed by atoms with E-state index in [0.29, 0.717) is 6.54 Å². The number of hydrogen-bond donors (Lipinski definition) is 1. The highest BCUT2D eigenvalue weighted by Crippen LogP contribution is 2.21. The zero-order valence-electron chi connectivity index (χ0n) is 13.4. The van der Waals surface area contributed by atoms with Crippen molar-refractivity contribution in [3.05, 3.63) is 64.7 Å². The molecule has 0 radical (unpaired) electrons. The van der Waals surface area contributed by atoms with Crippen molar-refractivity contribution in [2.24, 2.45) is 0 Å². The van der Waals surface area contributed by atoms with Gasteiger partial charge in [-0.2, -0.15) is 0 Å². The lowest BCUT2D eigenvalue weighted by molar-refractivity contribution is 0.185. The summed E-state index contributed by atoms with van der Waals surface area (Å²) >= 11 is 0. The highest BCUT2D eigenvalue weighted by atomic mass is 16.3. The van der Waals surface area contributed by atoms with E-state index in [2.05, 4.69) is 68.1 Å². The lowest BCUT2D eigenvalue weighted by Gasteiger charge is -2.23. The van der Waals surface area contributed by atoms with Crippen LogP contribution in [0.3, 0.4) is 0 Å². The number of aliphatic hydroxyl groups is 1. The molecule has 0 amide bonds. The summed E-state index contributed by atoms with van der Waals surface area (Å²) in [6.07, 6.45) is 0.578. The molecule has 0 saturated carbocycles. The predicted molar refractivity (Wildman–Crippen MR) is 90.0 cm³/mol. The Kier molecular flexibility index (Phi) is 5.03. The van der Waals surface area contributed by atoms with E-state index in [-0.39, 0.29) is 0 Å². The number of aliphatic hydroxyl groups excluding tert-OH is 1. The van der Waals surface area contributed by atoms with E-state index >= 15 is 0 Å². The van der Waals surface area contributed by atoms with Crippen LogP contribution in [0.15, 0.2) is 42.5 Å². The molecule has 0 aliphatic rings.